The number of sulfonamides is 1. The smallest absolute Gasteiger partial charge is 0.352 e. The third-order valence-corrected chi connectivity index (χ3v) is 5.47. The van der Waals surface area contributed by atoms with Crippen molar-refractivity contribution in [3.05, 3.63) is 29.6 Å². The van der Waals surface area contributed by atoms with E-state index in [2.05, 4.69) is 0 Å². The molecule has 2 rings (SSSR count). The standard InChI is InChI=1S/C14H20N2O4S/c1-10(2)16-9-12(8-13(16)14(17)18)21(19,20)15-6-4-11(3)5-7-15/h4,8-10H,5-7H2,1-3H3,(H,17,18). The largest absolute Gasteiger partial charge is 0.477 e. The Bertz CT molecular complexity index is 686. The number of carboxylic acid groups (broad SMARTS) is 1. The maximum absolute atomic E-state index is 12.6. The zero-order valence-corrected chi connectivity index (χ0v) is 13.2. The molecule has 2 heterocycles. The van der Waals surface area contributed by atoms with Gasteiger partial charge in [-0.3, -0.25) is 0 Å². The quantitative estimate of drug-likeness (QED) is 0.864. The summed E-state index contributed by atoms with van der Waals surface area (Å²) in [6, 6.07) is 1.12. The van der Waals surface area contributed by atoms with Gasteiger partial charge in [0.05, 0.1) is 0 Å². The van der Waals surface area contributed by atoms with E-state index in [4.69, 9.17) is 0 Å². The number of carboxylic acids is 1. The van der Waals surface area contributed by atoms with Crippen molar-refractivity contribution >= 4 is 16.0 Å². The summed E-state index contributed by atoms with van der Waals surface area (Å²) in [4.78, 5) is 11.3. The first-order valence-electron chi connectivity index (χ1n) is 6.84. The van der Waals surface area contributed by atoms with Crippen LogP contribution in [-0.4, -0.2) is 41.5 Å². The molecule has 0 saturated heterocycles. The summed E-state index contributed by atoms with van der Waals surface area (Å²) in [6.07, 6.45) is 4.00. The molecule has 21 heavy (non-hydrogen) atoms. The average molecular weight is 312 g/mol. The Balaban J connectivity index is 2.41. The fourth-order valence-corrected chi connectivity index (χ4v) is 3.72. The van der Waals surface area contributed by atoms with Crippen LogP contribution in [0, 0.1) is 0 Å². The summed E-state index contributed by atoms with van der Waals surface area (Å²) in [5.41, 5.74) is 1.17. The highest BCUT2D eigenvalue weighted by molar-refractivity contribution is 7.89. The molecule has 6 nitrogen and oxygen atoms in total. The van der Waals surface area contributed by atoms with E-state index in [1.807, 2.05) is 26.8 Å². The van der Waals surface area contributed by atoms with Gasteiger partial charge in [0.2, 0.25) is 10.0 Å². The minimum atomic E-state index is -3.65. The highest BCUT2D eigenvalue weighted by atomic mass is 32.2. The predicted molar refractivity (Wildman–Crippen MR) is 78.9 cm³/mol. The third-order valence-electron chi connectivity index (χ3n) is 3.64. The zero-order valence-electron chi connectivity index (χ0n) is 12.4. The molecule has 0 fully saturated rings. The second kappa shape index (κ2) is 5.65. The minimum Gasteiger partial charge on any atom is -0.477 e. The van der Waals surface area contributed by atoms with Crippen molar-refractivity contribution in [2.24, 2.45) is 0 Å². The normalized spacial score (nSPS) is 17.0. The van der Waals surface area contributed by atoms with E-state index in [-0.39, 0.29) is 16.6 Å². The lowest BCUT2D eigenvalue weighted by Crippen LogP contribution is -2.34. The minimum absolute atomic E-state index is 0.00712. The Morgan fingerprint density at radius 2 is 2.05 bits per heavy atom. The fourth-order valence-electron chi connectivity index (χ4n) is 2.31. The van der Waals surface area contributed by atoms with Crippen LogP contribution in [0.2, 0.25) is 0 Å². The molecule has 1 aliphatic rings. The molecule has 0 aliphatic carbocycles. The van der Waals surface area contributed by atoms with Crippen molar-refractivity contribution in [3.8, 4) is 0 Å². The van der Waals surface area contributed by atoms with E-state index in [1.165, 1.54) is 26.7 Å². The molecule has 1 aliphatic heterocycles. The summed E-state index contributed by atoms with van der Waals surface area (Å²) in [5, 5.41) is 9.20. The van der Waals surface area contributed by atoms with Gasteiger partial charge in [-0.1, -0.05) is 11.6 Å². The molecule has 0 radical (unpaired) electrons. The Kier molecular flexibility index (Phi) is 4.25. The van der Waals surface area contributed by atoms with E-state index in [0.29, 0.717) is 19.5 Å². The summed E-state index contributed by atoms with van der Waals surface area (Å²) in [7, 11) is -3.65. The van der Waals surface area contributed by atoms with E-state index in [9.17, 15) is 18.3 Å². The third kappa shape index (κ3) is 3.03. The highest BCUT2D eigenvalue weighted by Gasteiger charge is 2.29. The molecular formula is C14H20N2O4S. The molecular weight excluding hydrogens is 292 g/mol. The maximum Gasteiger partial charge on any atom is 0.352 e. The lowest BCUT2D eigenvalue weighted by Gasteiger charge is -2.24. The molecule has 0 unspecified atom stereocenters. The predicted octanol–water partition coefficient (Wildman–Crippen LogP) is 2.11. The number of hydrogen-bond acceptors (Lipinski definition) is 3. The molecule has 1 N–H and O–H groups in total. The average Bonchev–Trinajstić information content (AvgIpc) is 2.85. The molecule has 0 bridgehead atoms. The van der Waals surface area contributed by atoms with Crippen molar-refractivity contribution in [3.63, 3.8) is 0 Å². The van der Waals surface area contributed by atoms with Crippen LogP contribution in [0.15, 0.2) is 28.8 Å². The van der Waals surface area contributed by atoms with Crippen LogP contribution in [0.25, 0.3) is 0 Å². The number of aromatic nitrogens is 1. The number of aromatic carboxylic acids is 1. The molecule has 0 aromatic carbocycles. The Morgan fingerprint density at radius 1 is 1.38 bits per heavy atom. The topological polar surface area (TPSA) is 79.6 Å². The first-order valence-corrected chi connectivity index (χ1v) is 8.28. The van der Waals surface area contributed by atoms with Gasteiger partial charge < -0.3 is 9.67 Å². The summed E-state index contributed by atoms with van der Waals surface area (Å²) < 4.78 is 28.0. The van der Waals surface area contributed by atoms with Crippen molar-refractivity contribution in [2.75, 3.05) is 13.1 Å². The maximum atomic E-state index is 12.6. The number of hydrogen-bond donors (Lipinski definition) is 1. The van der Waals surface area contributed by atoms with Gasteiger partial charge in [0.15, 0.2) is 0 Å². The first kappa shape index (κ1) is 15.8. The van der Waals surface area contributed by atoms with E-state index < -0.39 is 16.0 Å². The van der Waals surface area contributed by atoms with Gasteiger partial charge in [-0.05, 0) is 33.3 Å². The number of nitrogens with zero attached hydrogens (tertiary/aromatic N) is 2. The van der Waals surface area contributed by atoms with Crippen molar-refractivity contribution in [1.82, 2.24) is 8.87 Å². The van der Waals surface area contributed by atoms with Crippen LogP contribution >= 0.6 is 0 Å². The zero-order chi connectivity index (χ0) is 15.8. The first-order chi connectivity index (χ1) is 9.73. The van der Waals surface area contributed by atoms with Crippen molar-refractivity contribution in [1.29, 1.82) is 0 Å². The SMILES string of the molecule is CC1=CCN(S(=O)(=O)c2cc(C(=O)O)n(C(C)C)c2)CC1. The van der Waals surface area contributed by atoms with Crippen LogP contribution in [0.1, 0.15) is 43.7 Å². The van der Waals surface area contributed by atoms with Crippen LogP contribution < -0.4 is 0 Å². The number of rotatable bonds is 4. The fraction of sp³-hybridized carbons (Fsp3) is 0.500. The highest BCUT2D eigenvalue weighted by Crippen LogP contribution is 2.24. The van der Waals surface area contributed by atoms with Gasteiger partial charge in [-0.25, -0.2) is 13.2 Å². The molecule has 1 aromatic heterocycles. The lowest BCUT2D eigenvalue weighted by atomic mass is 10.1. The summed E-state index contributed by atoms with van der Waals surface area (Å²) >= 11 is 0. The second-order valence-corrected chi connectivity index (χ2v) is 7.47. The van der Waals surface area contributed by atoms with Gasteiger partial charge in [0.1, 0.15) is 10.6 Å². The van der Waals surface area contributed by atoms with Gasteiger partial charge >= 0.3 is 5.97 Å². The molecule has 0 amide bonds. The van der Waals surface area contributed by atoms with Crippen LogP contribution in [0.5, 0.6) is 0 Å². The number of carbonyl (C=O) groups is 1. The van der Waals surface area contributed by atoms with Gasteiger partial charge in [-0.2, -0.15) is 4.31 Å². The monoisotopic (exact) mass is 312 g/mol. The van der Waals surface area contributed by atoms with E-state index >= 15 is 0 Å². The molecule has 0 saturated carbocycles. The lowest BCUT2D eigenvalue weighted by molar-refractivity contribution is 0.0683. The molecule has 0 spiro atoms. The van der Waals surface area contributed by atoms with Crippen LogP contribution in [-0.2, 0) is 10.0 Å². The van der Waals surface area contributed by atoms with Gasteiger partial charge in [0, 0.05) is 25.3 Å². The van der Waals surface area contributed by atoms with Crippen molar-refractivity contribution < 1.29 is 18.3 Å². The van der Waals surface area contributed by atoms with Gasteiger partial charge in [-0.15, -0.1) is 0 Å². The summed E-state index contributed by atoms with van der Waals surface area (Å²) in [5.74, 6) is -1.13. The summed E-state index contributed by atoms with van der Waals surface area (Å²) in [6.45, 7) is 6.37. The van der Waals surface area contributed by atoms with E-state index in [1.54, 1.807) is 0 Å². The Morgan fingerprint density at radius 3 is 2.48 bits per heavy atom. The molecule has 116 valence electrons. The Labute approximate surface area is 124 Å². The van der Waals surface area contributed by atoms with Crippen LogP contribution in [0.4, 0.5) is 0 Å². The van der Waals surface area contributed by atoms with E-state index in [0.717, 1.165) is 0 Å². The van der Waals surface area contributed by atoms with Gasteiger partial charge in [0.25, 0.3) is 0 Å². The molecule has 7 heteroatoms. The Hall–Kier alpha value is -1.60. The second-order valence-electron chi connectivity index (χ2n) is 5.53. The molecule has 0 atom stereocenters. The molecule has 1 aromatic rings. The van der Waals surface area contributed by atoms with Crippen molar-refractivity contribution in [2.45, 2.75) is 38.1 Å². The van der Waals surface area contributed by atoms with Crippen LogP contribution in [0.3, 0.4) is 0 Å².